The van der Waals surface area contributed by atoms with Crippen molar-refractivity contribution in [3.63, 3.8) is 0 Å². The summed E-state index contributed by atoms with van der Waals surface area (Å²) in [4.78, 5) is 14.2. The molecule has 3 aromatic rings. The quantitative estimate of drug-likeness (QED) is 0.741. The number of halogens is 1. The highest BCUT2D eigenvalue weighted by molar-refractivity contribution is 7.10. The Morgan fingerprint density at radius 3 is 2.79 bits per heavy atom. The number of carbonyl (C=O) groups is 1. The minimum Gasteiger partial charge on any atom is -0.383 e. The van der Waals surface area contributed by atoms with Crippen LogP contribution < -0.4 is 5.32 Å². The number of carbonyl (C=O) groups excluding carboxylic acids is 1. The van der Waals surface area contributed by atoms with E-state index in [2.05, 4.69) is 15.5 Å². The summed E-state index contributed by atoms with van der Waals surface area (Å²) in [6.07, 6.45) is 1.32. The molecule has 0 fully saturated rings. The molecule has 2 N–H and O–H groups in total. The standard InChI is InChI=1S/C16H15FN4O2S/c1-16(23,14-3-2-8-24-14)10-18-15(22)13-9-19-21(20-13)12-6-4-11(17)5-7-12/h2-9,23H,10H2,1H3,(H,18,22). The van der Waals surface area contributed by atoms with Gasteiger partial charge in [0.25, 0.3) is 5.91 Å². The number of rotatable bonds is 5. The summed E-state index contributed by atoms with van der Waals surface area (Å²) >= 11 is 1.42. The number of nitrogens with one attached hydrogen (secondary N) is 1. The lowest BCUT2D eigenvalue weighted by atomic mass is 10.1. The predicted octanol–water partition coefficient (Wildman–Crippen LogP) is 2.11. The van der Waals surface area contributed by atoms with Crippen LogP contribution in [0, 0.1) is 5.82 Å². The fourth-order valence-corrected chi connectivity index (χ4v) is 2.87. The summed E-state index contributed by atoms with van der Waals surface area (Å²) in [5.41, 5.74) is -0.501. The van der Waals surface area contributed by atoms with Crippen LogP contribution in [0.4, 0.5) is 4.39 Å². The second-order valence-corrected chi connectivity index (χ2v) is 6.38. The molecule has 0 aliphatic heterocycles. The predicted molar refractivity (Wildman–Crippen MR) is 87.5 cm³/mol. The van der Waals surface area contributed by atoms with Gasteiger partial charge in [0.15, 0.2) is 5.69 Å². The van der Waals surface area contributed by atoms with Crippen molar-refractivity contribution < 1.29 is 14.3 Å². The van der Waals surface area contributed by atoms with Crippen LogP contribution in [0.25, 0.3) is 5.69 Å². The van der Waals surface area contributed by atoms with Gasteiger partial charge in [0, 0.05) is 4.88 Å². The second kappa shape index (κ2) is 6.50. The van der Waals surface area contributed by atoms with Gasteiger partial charge in [-0.25, -0.2) is 4.39 Å². The van der Waals surface area contributed by atoms with Crippen molar-refractivity contribution in [2.24, 2.45) is 0 Å². The number of aliphatic hydroxyl groups is 1. The Labute approximate surface area is 141 Å². The van der Waals surface area contributed by atoms with Crippen molar-refractivity contribution in [3.8, 4) is 5.69 Å². The molecule has 0 aliphatic carbocycles. The van der Waals surface area contributed by atoms with E-state index >= 15 is 0 Å². The first kappa shape index (κ1) is 16.3. The fraction of sp³-hybridized carbons (Fsp3) is 0.188. The van der Waals surface area contributed by atoms with Gasteiger partial charge in [0.05, 0.1) is 18.4 Å². The van der Waals surface area contributed by atoms with Crippen LogP contribution in [0.3, 0.4) is 0 Å². The van der Waals surface area contributed by atoms with E-state index in [0.29, 0.717) is 5.69 Å². The molecule has 1 atom stereocenters. The van der Waals surface area contributed by atoms with Gasteiger partial charge in [-0.2, -0.15) is 9.90 Å². The summed E-state index contributed by atoms with van der Waals surface area (Å²) in [6.45, 7) is 1.68. The van der Waals surface area contributed by atoms with Gasteiger partial charge >= 0.3 is 0 Å². The Hall–Kier alpha value is -2.58. The third kappa shape index (κ3) is 3.50. The van der Waals surface area contributed by atoms with E-state index in [1.54, 1.807) is 6.92 Å². The maximum atomic E-state index is 12.9. The van der Waals surface area contributed by atoms with Crippen molar-refractivity contribution in [3.05, 3.63) is 64.4 Å². The van der Waals surface area contributed by atoms with Crippen molar-refractivity contribution in [1.82, 2.24) is 20.3 Å². The monoisotopic (exact) mass is 346 g/mol. The summed E-state index contributed by atoms with van der Waals surface area (Å²) in [5, 5.41) is 23.0. The van der Waals surface area contributed by atoms with E-state index in [4.69, 9.17) is 0 Å². The molecule has 1 amide bonds. The van der Waals surface area contributed by atoms with Crippen molar-refractivity contribution in [1.29, 1.82) is 0 Å². The minimum absolute atomic E-state index is 0.0513. The smallest absolute Gasteiger partial charge is 0.273 e. The number of hydrogen-bond acceptors (Lipinski definition) is 5. The van der Waals surface area contributed by atoms with Crippen LogP contribution in [0.15, 0.2) is 48.0 Å². The van der Waals surface area contributed by atoms with Crippen LogP contribution >= 0.6 is 11.3 Å². The molecule has 0 aliphatic rings. The molecular formula is C16H15FN4O2S. The van der Waals surface area contributed by atoms with E-state index in [0.717, 1.165) is 4.88 Å². The number of nitrogens with zero attached hydrogens (tertiary/aromatic N) is 3. The Morgan fingerprint density at radius 2 is 2.12 bits per heavy atom. The maximum absolute atomic E-state index is 12.9. The van der Waals surface area contributed by atoms with Crippen LogP contribution in [0.2, 0.25) is 0 Å². The van der Waals surface area contributed by atoms with E-state index in [1.165, 1.54) is 46.6 Å². The summed E-state index contributed by atoms with van der Waals surface area (Å²) in [6, 6.07) is 9.25. The highest BCUT2D eigenvalue weighted by atomic mass is 32.1. The van der Waals surface area contributed by atoms with E-state index < -0.39 is 11.5 Å². The zero-order valence-electron chi connectivity index (χ0n) is 12.8. The topological polar surface area (TPSA) is 80.0 Å². The normalized spacial score (nSPS) is 13.5. The molecule has 0 radical (unpaired) electrons. The number of amides is 1. The molecule has 8 heteroatoms. The van der Waals surface area contributed by atoms with Gasteiger partial charge in [0.1, 0.15) is 11.4 Å². The Balaban J connectivity index is 1.67. The van der Waals surface area contributed by atoms with Gasteiger partial charge in [-0.05, 0) is 42.6 Å². The largest absolute Gasteiger partial charge is 0.383 e. The van der Waals surface area contributed by atoms with E-state index in [9.17, 15) is 14.3 Å². The van der Waals surface area contributed by atoms with Gasteiger partial charge in [0.2, 0.25) is 0 Å². The molecule has 0 saturated carbocycles. The van der Waals surface area contributed by atoms with Crippen LogP contribution in [-0.2, 0) is 5.60 Å². The molecule has 2 aromatic heterocycles. The lowest BCUT2D eigenvalue weighted by Crippen LogP contribution is -2.38. The molecule has 0 bridgehead atoms. The molecule has 6 nitrogen and oxygen atoms in total. The molecule has 1 aromatic carbocycles. The van der Waals surface area contributed by atoms with Crippen LogP contribution in [0.1, 0.15) is 22.3 Å². The summed E-state index contributed by atoms with van der Waals surface area (Å²) in [7, 11) is 0. The lowest BCUT2D eigenvalue weighted by Gasteiger charge is -2.21. The van der Waals surface area contributed by atoms with E-state index in [1.807, 2.05) is 17.5 Å². The Bertz CT molecular complexity index is 828. The highest BCUT2D eigenvalue weighted by Crippen LogP contribution is 2.24. The Morgan fingerprint density at radius 1 is 1.38 bits per heavy atom. The van der Waals surface area contributed by atoms with Crippen molar-refractivity contribution in [2.45, 2.75) is 12.5 Å². The second-order valence-electron chi connectivity index (χ2n) is 5.43. The lowest BCUT2D eigenvalue weighted by molar-refractivity contribution is 0.0555. The first-order valence-corrected chi connectivity index (χ1v) is 8.06. The van der Waals surface area contributed by atoms with Crippen LogP contribution in [0.5, 0.6) is 0 Å². The average molecular weight is 346 g/mol. The zero-order valence-corrected chi connectivity index (χ0v) is 13.6. The van der Waals surface area contributed by atoms with Gasteiger partial charge in [-0.1, -0.05) is 6.07 Å². The Kier molecular flexibility index (Phi) is 4.41. The van der Waals surface area contributed by atoms with Crippen molar-refractivity contribution >= 4 is 17.2 Å². The molecule has 0 spiro atoms. The number of aromatic nitrogens is 3. The number of hydrogen-bond donors (Lipinski definition) is 2. The maximum Gasteiger partial charge on any atom is 0.273 e. The third-order valence-electron chi connectivity index (χ3n) is 3.43. The molecule has 124 valence electrons. The average Bonchev–Trinajstić information content (AvgIpc) is 3.25. The van der Waals surface area contributed by atoms with Gasteiger partial charge in [-0.3, -0.25) is 4.79 Å². The number of benzene rings is 1. The summed E-state index contributed by atoms with van der Waals surface area (Å²) in [5.74, 6) is -0.806. The number of thiophene rings is 1. The fourth-order valence-electron chi connectivity index (χ4n) is 2.08. The molecule has 3 rings (SSSR count). The first-order valence-electron chi connectivity index (χ1n) is 7.18. The van der Waals surface area contributed by atoms with Gasteiger partial charge < -0.3 is 10.4 Å². The van der Waals surface area contributed by atoms with Gasteiger partial charge in [-0.15, -0.1) is 16.4 Å². The van der Waals surface area contributed by atoms with Crippen molar-refractivity contribution in [2.75, 3.05) is 6.54 Å². The van der Waals surface area contributed by atoms with E-state index in [-0.39, 0.29) is 18.1 Å². The third-order valence-corrected chi connectivity index (χ3v) is 4.55. The molecular weight excluding hydrogens is 331 g/mol. The molecule has 24 heavy (non-hydrogen) atoms. The molecule has 1 unspecified atom stereocenters. The first-order chi connectivity index (χ1) is 11.5. The zero-order chi connectivity index (χ0) is 17.2. The minimum atomic E-state index is -1.16. The summed E-state index contributed by atoms with van der Waals surface area (Å²) < 4.78 is 12.9. The molecule has 2 heterocycles. The highest BCUT2D eigenvalue weighted by Gasteiger charge is 2.25. The molecule has 0 saturated heterocycles. The van der Waals surface area contributed by atoms with Crippen LogP contribution in [-0.4, -0.2) is 32.6 Å². The SMILES string of the molecule is CC(O)(CNC(=O)c1cnn(-c2ccc(F)cc2)n1)c1cccs1.